The molecule has 242 valence electrons. The molecule has 4 aliphatic carbocycles. The van der Waals surface area contributed by atoms with Crippen LogP contribution in [0.2, 0.25) is 0 Å². The molecule has 0 spiro atoms. The molecule has 0 radical (unpaired) electrons. The third-order valence-electron chi connectivity index (χ3n) is 11.8. The van der Waals surface area contributed by atoms with E-state index in [9.17, 15) is 33.9 Å². The summed E-state index contributed by atoms with van der Waals surface area (Å²) in [5.41, 5.74) is -0.818. The number of methoxy groups -OCH3 is 1. The Hall–Kier alpha value is -3.08. The number of ketones is 2. The van der Waals surface area contributed by atoms with Crippen molar-refractivity contribution in [2.75, 3.05) is 20.3 Å². The summed E-state index contributed by atoms with van der Waals surface area (Å²) in [4.78, 5) is 77.2. The molecule has 5 rings (SSSR count). The van der Waals surface area contributed by atoms with Gasteiger partial charge in [-0.1, -0.05) is 19.4 Å². The number of likely N-dealkylation sites (tertiary alicyclic amines) is 1. The zero-order chi connectivity index (χ0) is 32.0. The summed E-state index contributed by atoms with van der Waals surface area (Å²) in [6.07, 6.45) is 6.30. The predicted octanol–water partition coefficient (Wildman–Crippen LogP) is 2.85. The van der Waals surface area contributed by atoms with Crippen molar-refractivity contribution in [1.82, 2.24) is 4.90 Å². The van der Waals surface area contributed by atoms with Crippen LogP contribution in [0.25, 0.3) is 0 Å². The first kappa shape index (κ1) is 32.3. The number of carbonyl (C=O) groups is 6. The van der Waals surface area contributed by atoms with E-state index < -0.39 is 59.4 Å². The summed E-state index contributed by atoms with van der Waals surface area (Å²) in [7, 11) is 1.20. The number of hydrogen-bond acceptors (Lipinski definition) is 10. The number of amides is 1. The fourth-order valence-electron chi connectivity index (χ4n) is 9.62. The van der Waals surface area contributed by atoms with Crippen LogP contribution in [-0.4, -0.2) is 83.4 Å². The Morgan fingerprint density at radius 1 is 1.00 bits per heavy atom. The topological polar surface area (TPSA) is 154 Å². The normalized spacial score (nSPS) is 37.7. The quantitative estimate of drug-likeness (QED) is 0.319. The maximum atomic E-state index is 13.9. The van der Waals surface area contributed by atoms with Crippen LogP contribution < -0.4 is 0 Å². The second-order valence-electron chi connectivity index (χ2n) is 13.9. The Labute approximate surface area is 258 Å². The Kier molecular flexibility index (Phi) is 8.83. The van der Waals surface area contributed by atoms with E-state index in [0.29, 0.717) is 31.1 Å². The van der Waals surface area contributed by atoms with E-state index in [1.54, 1.807) is 0 Å². The molecule has 1 saturated heterocycles. The summed E-state index contributed by atoms with van der Waals surface area (Å²) in [5, 5.41) is 9.94. The molecule has 0 aromatic heterocycles. The summed E-state index contributed by atoms with van der Waals surface area (Å²) in [5.74, 6) is -1.82. The number of allylic oxidation sites excluding steroid dienone is 1. The largest absolute Gasteiger partial charge is 0.467 e. The molecule has 1 N–H and O–H groups in total. The van der Waals surface area contributed by atoms with Crippen LogP contribution in [0, 0.1) is 28.6 Å². The Balaban J connectivity index is 1.25. The van der Waals surface area contributed by atoms with Crippen LogP contribution in [0.1, 0.15) is 91.4 Å². The summed E-state index contributed by atoms with van der Waals surface area (Å²) in [6.45, 7) is 5.02. The molecule has 0 aromatic rings. The Morgan fingerprint density at radius 3 is 2.43 bits per heavy atom. The van der Waals surface area contributed by atoms with Crippen molar-refractivity contribution in [3.05, 3.63) is 11.6 Å². The first-order valence-corrected chi connectivity index (χ1v) is 15.9. The highest BCUT2D eigenvalue weighted by Gasteiger charge is 2.68. The lowest BCUT2D eigenvalue weighted by Gasteiger charge is -2.59. The highest BCUT2D eigenvalue weighted by atomic mass is 16.6. The SMILES string of the molecule is COC(=O)C1CC(O)CN1C(=O)CCC(=O)OCC(=O)[C@@]1(OC(C)=O)CC[C@H]2[C@@H]3CCC4=CC(=O)CC[C@]4(C)[C@H]3CC[C@@]21C. The van der Waals surface area contributed by atoms with Gasteiger partial charge in [-0.05, 0) is 74.2 Å². The van der Waals surface area contributed by atoms with Crippen molar-refractivity contribution < 1.29 is 48.1 Å². The van der Waals surface area contributed by atoms with E-state index >= 15 is 0 Å². The molecule has 11 nitrogen and oxygen atoms in total. The number of ether oxygens (including phenoxy) is 3. The third-order valence-corrected chi connectivity index (χ3v) is 11.8. The summed E-state index contributed by atoms with van der Waals surface area (Å²) >= 11 is 0. The second-order valence-corrected chi connectivity index (χ2v) is 13.9. The van der Waals surface area contributed by atoms with Crippen molar-refractivity contribution >= 4 is 35.4 Å². The average molecular weight is 616 g/mol. The smallest absolute Gasteiger partial charge is 0.328 e. The molecule has 1 amide bonds. The molecule has 44 heavy (non-hydrogen) atoms. The number of β-amino-alcohol motifs (C(OH)–C–C–N with tert-alkyl or cyclic N) is 1. The maximum Gasteiger partial charge on any atom is 0.328 e. The van der Waals surface area contributed by atoms with Crippen LogP contribution in [0.4, 0.5) is 0 Å². The van der Waals surface area contributed by atoms with E-state index in [-0.39, 0.29) is 42.9 Å². The average Bonchev–Trinajstić information content (AvgIpc) is 3.52. The number of carbonyl (C=O) groups excluding carboxylic acids is 6. The van der Waals surface area contributed by atoms with Crippen LogP contribution >= 0.6 is 0 Å². The molecule has 2 unspecified atom stereocenters. The minimum atomic E-state index is -1.41. The standard InChI is InChI=1S/C33H45NO10/c1-19(35)44-33(27(38)18-43-29(40)8-7-28(39)34-17-22(37)16-26(34)30(41)42-4)14-11-25-23-6-5-20-15-21(36)9-12-31(20,2)24(23)10-13-32(25,33)3/h15,22-26,37H,5-14,16-18H2,1-4H3/t22?,23-,24+,25+,26?,31+,32+,33+/m1/s1. The summed E-state index contributed by atoms with van der Waals surface area (Å²) in [6, 6.07) is -0.912. The molecular formula is C33H45NO10. The zero-order valence-electron chi connectivity index (χ0n) is 26.2. The number of Topliss-reactive ketones (excluding diaryl/α,β-unsaturated/α-hetero) is 1. The molecule has 5 aliphatic rings. The lowest BCUT2D eigenvalue weighted by Crippen LogP contribution is -2.59. The maximum absolute atomic E-state index is 13.9. The van der Waals surface area contributed by atoms with Gasteiger partial charge >= 0.3 is 17.9 Å². The zero-order valence-corrected chi connectivity index (χ0v) is 26.2. The molecule has 11 heteroatoms. The van der Waals surface area contributed by atoms with Gasteiger partial charge in [0.25, 0.3) is 0 Å². The number of esters is 3. The van der Waals surface area contributed by atoms with E-state index in [4.69, 9.17) is 14.2 Å². The van der Waals surface area contributed by atoms with Crippen molar-refractivity contribution in [1.29, 1.82) is 0 Å². The van der Waals surface area contributed by atoms with Gasteiger partial charge in [-0.3, -0.25) is 24.0 Å². The fourth-order valence-corrected chi connectivity index (χ4v) is 9.62. The molecule has 1 heterocycles. The molecule has 0 aromatic carbocycles. The van der Waals surface area contributed by atoms with Gasteiger partial charge in [-0.15, -0.1) is 0 Å². The van der Waals surface area contributed by atoms with Crippen molar-refractivity contribution in [3.63, 3.8) is 0 Å². The van der Waals surface area contributed by atoms with Gasteiger partial charge in [0, 0.05) is 38.1 Å². The summed E-state index contributed by atoms with van der Waals surface area (Å²) < 4.78 is 16.0. The Morgan fingerprint density at radius 2 is 1.73 bits per heavy atom. The number of aliphatic hydroxyl groups excluding tert-OH is 1. The number of fused-ring (bicyclic) bond motifs is 5. The highest BCUT2D eigenvalue weighted by Crippen LogP contribution is 2.68. The molecular weight excluding hydrogens is 570 g/mol. The molecule has 8 atom stereocenters. The van der Waals surface area contributed by atoms with Gasteiger partial charge in [0.15, 0.2) is 18.0 Å². The minimum Gasteiger partial charge on any atom is -0.467 e. The first-order valence-electron chi connectivity index (χ1n) is 15.9. The van der Waals surface area contributed by atoms with Gasteiger partial charge in [-0.25, -0.2) is 4.79 Å². The predicted molar refractivity (Wildman–Crippen MR) is 155 cm³/mol. The van der Waals surface area contributed by atoms with Gasteiger partial charge in [0.05, 0.1) is 19.6 Å². The first-order chi connectivity index (χ1) is 20.8. The molecule has 0 bridgehead atoms. The highest BCUT2D eigenvalue weighted by molar-refractivity contribution is 5.94. The molecule has 3 saturated carbocycles. The Bertz CT molecular complexity index is 1270. The van der Waals surface area contributed by atoms with E-state index in [1.165, 1.54) is 24.5 Å². The van der Waals surface area contributed by atoms with Gasteiger partial charge in [0.2, 0.25) is 11.7 Å². The minimum absolute atomic E-state index is 0.0342. The van der Waals surface area contributed by atoms with E-state index in [1.807, 2.05) is 13.0 Å². The second kappa shape index (κ2) is 12.0. The van der Waals surface area contributed by atoms with Crippen molar-refractivity contribution in [2.24, 2.45) is 28.6 Å². The third kappa shape index (κ3) is 5.39. The van der Waals surface area contributed by atoms with Crippen LogP contribution in [0.3, 0.4) is 0 Å². The number of aliphatic hydroxyl groups is 1. The van der Waals surface area contributed by atoms with Gasteiger partial charge in [-0.2, -0.15) is 0 Å². The lowest BCUT2D eigenvalue weighted by molar-refractivity contribution is -0.191. The van der Waals surface area contributed by atoms with Gasteiger partial charge in [0.1, 0.15) is 6.04 Å². The van der Waals surface area contributed by atoms with Crippen LogP contribution in [0.15, 0.2) is 11.6 Å². The monoisotopic (exact) mass is 615 g/mol. The van der Waals surface area contributed by atoms with E-state index in [2.05, 4.69) is 6.92 Å². The number of rotatable bonds is 8. The molecule has 4 fully saturated rings. The van der Waals surface area contributed by atoms with E-state index in [0.717, 1.165) is 32.1 Å². The number of nitrogens with zero attached hydrogens (tertiary/aromatic N) is 1. The van der Waals surface area contributed by atoms with Crippen LogP contribution in [0.5, 0.6) is 0 Å². The number of hydrogen-bond donors (Lipinski definition) is 1. The lowest BCUT2D eigenvalue weighted by atomic mass is 9.46. The van der Waals surface area contributed by atoms with Crippen molar-refractivity contribution in [3.8, 4) is 0 Å². The molecule has 1 aliphatic heterocycles. The van der Waals surface area contributed by atoms with Crippen LogP contribution in [-0.2, 0) is 43.0 Å². The van der Waals surface area contributed by atoms with Gasteiger partial charge < -0.3 is 24.2 Å². The van der Waals surface area contributed by atoms with Crippen molar-refractivity contribution in [2.45, 2.75) is 109 Å². The fraction of sp³-hybridized carbons (Fsp3) is 0.758.